The number of carbonyl (C=O) groups excluding carboxylic acids is 1. The molecule has 0 saturated carbocycles. The van der Waals surface area contributed by atoms with Crippen molar-refractivity contribution in [3.63, 3.8) is 0 Å². The summed E-state index contributed by atoms with van der Waals surface area (Å²) in [4.78, 5) is 16.3. The molecule has 7 nitrogen and oxygen atoms in total. The number of nitrogens with zero attached hydrogens (tertiary/aromatic N) is 2. The number of amides is 2. The zero-order valence-electron chi connectivity index (χ0n) is 13.8. The lowest BCUT2D eigenvalue weighted by Crippen LogP contribution is -2.50. The molecule has 24 heavy (non-hydrogen) atoms. The molecule has 1 saturated heterocycles. The van der Waals surface area contributed by atoms with E-state index in [0.29, 0.717) is 30.3 Å². The Labute approximate surface area is 140 Å². The summed E-state index contributed by atoms with van der Waals surface area (Å²) in [5, 5.41) is 2.90. The Bertz CT molecular complexity index is 679. The fourth-order valence-electron chi connectivity index (χ4n) is 2.70. The van der Waals surface area contributed by atoms with Crippen LogP contribution >= 0.6 is 0 Å². The Hall–Kier alpha value is -2.83. The summed E-state index contributed by atoms with van der Waals surface area (Å²) in [5.74, 6) is 2.05. The maximum Gasteiger partial charge on any atom is 0.321 e. The molecule has 1 aliphatic rings. The van der Waals surface area contributed by atoms with Crippen molar-refractivity contribution in [3.8, 4) is 11.5 Å². The zero-order valence-corrected chi connectivity index (χ0v) is 13.8. The summed E-state index contributed by atoms with van der Waals surface area (Å²) in [6.45, 7) is 2.76. The number of nitrogens with one attached hydrogen (secondary N) is 1. The highest BCUT2D eigenvalue weighted by molar-refractivity contribution is 5.90. The number of furan rings is 1. The molecule has 1 aromatic carbocycles. The number of piperazine rings is 1. The summed E-state index contributed by atoms with van der Waals surface area (Å²) in [6.07, 6.45) is 1.66. The second-order valence-electron chi connectivity index (χ2n) is 5.43. The van der Waals surface area contributed by atoms with Gasteiger partial charge in [-0.2, -0.15) is 0 Å². The Morgan fingerprint density at radius 2 is 1.83 bits per heavy atom. The third kappa shape index (κ3) is 3.40. The number of rotatable bonds is 4. The summed E-state index contributed by atoms with van der Waals surface area (Å²) < 4.78 is 15.8. The lowest BCUT2D eigenvalue weighted by atomic mass is 10.2. The smallest absolute Gasteiger partial charge is 0.321 e. The molecule has 0 spiro atoms. The number of benzene rings is 1. The van der Waals surface area contributed by atoms with Crippen LogP contribution in [-0.2, 0) is 0 Å². The molecule has 128 valence electrons. The number of hydrogen-bond acceptors (Lipinski definition) is 5. The van der Waals surface area contributed by atoms with Crippen LogP contribution in [0.5, 0.6) is 11.5 Å². The van der Waals surface area contributed by atoms with Gasteiger partial charge in [-0.3, -0.25) is 0 Å². The van der Waals surface area contributed by atoms with Crippen molar-refractivity contribution in [2.24, 2.45) is 0 Å². The molecule has 0 atom stereocenters. The molecule has 2 amide bonds. The first-order valence-corrected chi connectivity index (χ1v) is 7.77. The Balaban J connectivity index is 1.58. The van der Waals surface area contributed by atoms with E-state index in [1.54, 1.807) is 43.6 Å². The molecule has 2 heterocycles. The Morgan fingerprint density at radius 3 is 2.46 bits per heavy atom. The highest BCUT2D eigenvalue weighted by Crippen LogP contribution is 2.29. The topological polar surface area (TPSA) is 67.2 Å². The fourth-order valence-corrected chi connectivity index (χ4v) is 2.70. The minimum absolute atomic E-state index is 0.124. The van der Waals surface area contributed by atoms with Gasteiger partial charge in [-0.1, -0.05) is 0 Å². The molecule has 3 rings (SSSR count). The molecule has 1 N–H and O–H groups in total. The highest BCUT2D eigenvalue weighted by atomic mass is 16.5. The summed E-state index contributed by atoms with van der Waals surface area (Å²) in [6, 6.07) is 8.98. The fraction of sp³-hybridized carbons (Fsp3) is 0.353. The van der Waals surface area contributed by atoms with Gasteiger partial charge in [0, 0.05) is 44.0 Å². The van der Waals surface area contributed by atoms with Crippen molar-refractivity contribution in [3.05, 3.63) is 36.6 Å². The van der Waals surface area contributed by atoms with Crippen LogP contribution in [0.2, 0.25) is 0 Å². The lowest BCUT2D eigenvalue weighted by Gasteiger charge is -2.34. The normalized spacial score (nSPS) is 14.4. The van der Waals surface area contributed by atoms with Gasteiger partial charge < -0.3 is 29.0 Å². The van der Waals surface area contributed by atoms with Gasteiger partial charge in [0.1, 0.15) is 0 Å². The second kappa shape index (κ2) is 7.16. The molecule has 7 heteroatoms. The summed E-state index contributed by atoms with van der Waals surface area (Å²) in [7, 11) is 3.14. The van der Waals surface area contributed by atoms with Crippen molar-refractivity contribution in [2.75, 3.05) is 50.6 Å². The van der Waals surface area contributed by atoms with Crippen LogP contribution in [0.4, 0.5) is 16.4 Å². The van der Waals surface area contributed by atoms with Gasteiger partial charge in [-0.05, 0) is 18.2 Å². The second-order valence-corrected chi connectivity index (χ2v) is 5.43. The van der Waals surface area contributed by atoms with E-state index >= 15 is 0 Å². The average molecular weight is 331 g/mol. The van der Waals surface area contributed by atoms with Crippen LogP contribution in [-0.4, -0.2) is 51.3 Å². The molecule has 2 aromatic rings. The van der Waals surface area contributed by atoms with Crippen molar-refractivity contribution in [1.29, 1.82) is 0 Å². The van der Waals surface area contributed by atoms with E-state index in [1.165, 1.54) is 0 Å². The van der Waals surface area contributed by atoms with Gasteiger partial charge in [-0.25, -0.2) is 4.79 Å². The molecular weight excluding hydrogens is 310 g/mol. The lowest BCUT2D eigenvalue weighted by molar-refractivity contribution is 0.207. The third-order valence-electron chi connectivity index (χ3n) is 4.02. The maximum atomic E-state index is 12.4. The van der Waals surface area contributed by atoms with Gasteiger partial charge >= 0.3 is 6.03 Å². The molecule has 1 aromatic heterocycles. The van der Waals surface area contributed by atoms with Gasteiger partial charge in [0.2, 0.25) is 0 Å². The van der Waals surface area contributed by atoms with E-state index in [2.05, 4.69) is 10.2 Å². The Kier molecular flexibility index (Phi) is 4.79. The summed E-state index contributed by atoms with van der Waals surface area (Å²) in [5.41, 5.74) is 0.672. The third-order valence-corrected chi connectivity index (χ3v) is 4.02. The van der Waals surface area contributed by atoms with Crippen LogP contribution in [0.25, 0.3) is 0 Å². The van der Waals surface area contributed by atoms with E-state index in [4.69, 9.17) is 13.9 Å². The van der Waals surface area contributed by atoms with Crippen LogP contribution in [0.1, 0.15) is 0 Å². The number of ether oxygens (including phenoxy) is 2. The number of anilines is 2. The first kappa shape index (κ1) is 16.0. The maximum absolute atomic E-state index is 12.4. The molecular formula is C17H21N3O4. The quantitative estimate of drug-likeness (QED) is 0.933. The minimum Gasteiger partial charge on any atom is -0.493 e. The number of urea groups is 1. The first-order valence-electron chi connectivity index (χ1n) is 7.77. The molecule has 0 bridgehead atoms. The average Bonchev–Trinajstić information content (AvgIpc) is 3.16. The Morgan fingerprint density at radius 1 is 1.08 bits per heavy atom. The van der Waals surface area contributed by atoms with Gasteiger partial charge in [0.05, 0.1) is 20.5 Å². The van der Waals surface area contributed by atoms with Crippen molar-refractivity contribution in [1.82, 2.24) is 4.90 Å². The molecule has 1 fully saturated rings. The van der Waals surface area contributed by atoms with E-state index in [0.717, 1.165) is 19.0 Å². The van der Waals surface area contributed by atoms with Crippen molar-refractivity contribution < 1.29 is 18.7 Å². The number of hydrogen-bond donors (Lipinski definition) is 1. The predicted molar refractivity (Wildman–Crippen MR) is 91.1 cm³/mol. The monoisotopic (exact) mass is 331 g/mol. The van der Waals surface area contributed by atoms with Crippen LogP contribution in [0, 0.1) is 0 Å². The first-order chi connectivity index (χ1) is 11.7. The van der Waals surface area contributed by atoms with Crippen molar-refractivity contribution in [2.45, 2.75) is 0 Å². The van der Waals surface area contributed by atoms with Crippen molar-refractivity contribution >= 4 is 17.6 Å². The standard InChI is InChI=1S/C17H21N3O4/c1-22-14-6-5-13(12-15(14)23-2)18-17(21)20-9-7-19(8-10-20)16-4-3-11-24-16/h3-6,11-12H,7-10H2,1-2H3,(H,18,21). The molecule has 0 aliphatic carbocycles. The van der Waals surface area contributed by atoms with Gasteiger partial charge in [0.25, 0.3) is 0 Å². The van der Waals surface area contributed by atoms with E-state index in [1.807, 2.05) is 12.1 Å². The molecule has 1 aliphatic heterocycles. The number of methoxy groups -OCH3 is 2. The summed E-state index contributed by atoms with van der Waals surface area (Å²) >= 11 is 0. The van der Waals surface area contributed by atoms with Crippen LogP contribution in [0.15, 0.2) is 41.0 Å². The largest absolute Gasteiger partial charge is 0.493 e. The minimum atomic E-state index is -0.124. The van der Waals surface area contributed by atoms with E-state index in [-0.39, 0.29) is 6.03 Å². The molecule has 0 unspecified atom stereocenters. The van der Waals surface area contributed by atoms with E-state index in [9.17, 15) is 4.79 Å². The van der Waals surface area contributed by atoms with Gasteiger partial charge in [0.15, 0.2) is 17.4 Å². The SMILES string of the molecule is COc1ccc(NC(=O)N2CCN(c3ccco3)CC2)cc1OC. The predicted octanol–water partition coefficient (Wildman–Crippen LogP) is 2.65. The van der Waals surface area contributed by atoms with E-state index < -0.39 is 0 Å². The van der Waals surface area contributed by atoms with Crippen LogP contribution < -0.4 is 19.7 Å². The molecule has 0 radical (unpaired) electrons. The zero-order chi connectivity index (χ0) is 16.9. The highest BCUT2D eigenvalue weighted by Gasteiger charge is 2.22. The number of carbonyl (C=O) groups is 1. The van der Waals surface area contributed by atoms with Crippen LogP contribution in [0.3, 0.4) is 0 Å². The van der Waals surface area contributed by atoms with Gasteiger partial charge in [-0.15, -0.1) is 0 Å².